The molecule has 0 bridgehead atoms. The third-order valence-corrected chi connectivity index (χ3v) is 3.35. The highest BCUT2D eigenvalue weighted by atomic mass is 16.2. The predicted molar refractivity (Wildman–Crippen MR) is 68.3 cm³/mol. The second-order valence-electron chi connectivity index (χ2n) is 4.90. The molecule has 0 aliphatic carbocycles. The summed E-state index contributed by atoms with van der Waals surface area (Å²) in [6.07, 6.45) is 1.75. The van der Waals surface area contributed by atoms with Gasteiger partial charge in [0.2, 0.25) is 23.6 Å². The molecule has 110 valence electrons. The van der Waals surface area contributed by atoms with Crippen molar-refractivity contribution >= 4 is 23.6 Å². The zero-order valence-corrected chi connectivity index (χ0v) is 11.0. The second-order valence-corrected chi connectivity index (χ2v) is 4.90. The lowest BCUT2D eigenvalue weighted by Crippen LogP contribution is -2.46. The molecule has 0 aromatic heterocycles. The van der Waals surface area contributed by atoms with Crippen molar-refractivity contribution < 1.29 is 19.2 Å². The van der Waals surface area contributed by atoms with Crippen LogP contribution < -0.4 is 21.3 Å². The van der Waals surface area contributed by atoms with Crippen molar-refractivity contribution in [3.05, 3.63) is 0 Å². The van der Waals surface area contributed by atoms with E-state index in [0.717, 1.165) is 0 Å². The number of carbonyl (C=O) groups excluding carboxylic acids is 4. The van der Waals surface area contributed by atoms with Crippen molar-refractivity contribution in [2.24, 2.45) is 0 Å². The number of hydrogen-bond acceptors (Lipinski definition) is 4. The Morgan fingerprint density at radius 1 is 0.900 bits per heavy atom. The van der Waals surface area contributed by atoms with Gasteiger partial charge in [-0.25, -0.2) is 0 Å². The fraction of sp³-hybridized carbons (Fsp3) is 0.667. The maximum absolute atomic E-state index is 11.6. The van der Waals surface area contributed by atoms with Gasteiger partial charge in [-0.2, -0.15) is 0 Å². The summed E-state index contributed by atoms with van der Waals surface area (Å²) in [7, 11) is 0. The van der Waals surface area contributed by atoms with E-state index in [9.17, 15) is 19.2 Å². The highest BCUT2D eigenvalue weighted by Crippen LogP contribution is 2.06. The molecule has 20 heavy (non-hydrogen) atoms. The zero-order valence-electron chi connectivity index (χ0n) is 11.0. The number of amides is 4. The van der Waals surface area contributed by atoms with Crippen molar-refractivity contribution in [1.29, 1.82) is 0 Å². The molecule has 4 N–H and O–H groups in total. The first kappa shape index (κ1) is 14.3. The Labute approximate surface area is 116 Å². The zero-order chi connectivity index (χ0) is 14.5. The molecular weight excluding hydrogens is 264 g/mol. The quantitative estimate of drug-likeness (QED) is 0.427. The van der Waals surface area contributed by atoms with Crippen LogP contribution in [0.4, 0.5) is 0 Å². The Bertz CT molecular complexity index is 397. The summed E-state index contributed by atoms with van der Waals surface area (Å²) in [5.74, 6) is -0.704. The van der Waals surface area contributed by atoms with E-state index in [1.54, 1.807) is 0 Å². The molecule has 2 rings (SSSR count). The first-order valence-electron chi connectivity index (χ1n) is 6.70. The van der Waals surface area contributed by atoms with Crippen LogP contribution in [-0.2, 0) is 19.2 Å². The average molecular weight is 282 g/mol. The lowest BCUT2D eigenvalue weighted by molar-refractivity contribution is -0.126. The molecule has 0 spiro atoms. The molecule has 0 aromatic rings. The lowest BCUT2D eigenvalue weighted by atomic mass is 10.2. The van der Waals surface area contributed by atoms with E-state index in [0.29, 0.717) is 25.7 Å². The van der Waals surface area contributed by atoms with E-state index in [1.165, 1.54) is 0 Å². The summed E-state index contributed by atoms with van der Waals surface area (Å²) >= 11 is 0. The van der Waals surface area contributed by atoms with Gasteiger partial charge in [-0.3, -0.25) is 19.2 Å². The third kappa shape index (κ3) is 3.69. The Hall–Kier alpha value is -2.12. The Morgan fingerprint density at radius 3 is 1.60 bits per heavy atom. The smallest absolute Gasteiger partial charge is 0.242 e. The van der Waals surface area contributed by atoms with E-state index in [2.05, 4.69) is 21.3 Å². The number of carbonyl (C=O) groups is 4. The molecule has 2 aliphatic heterocycles. The molecule has 0 aromatic carbocycles. The average Bonchev–Trinajstić information content (AvgIpc) is 3.03. The minimum Gasteiger partial charge on any atom is -0.353 e. The number of hydrogen-bond donors (Lipinski definition) is 4. The first-order chi connectivity index (χ1) is 9.56. The fourth-order valence-corrected chi connectivity index (χ4v) is 2.24. The Morgan fingerprint density at radius 2 is 1.30 bits per heavy atom. The first-order valence-corrected chi connectivity index (χ1v) is 6.70. The molecule has 2 atom stereocenters. The molecular formula is C12H18N4O4. The van der Waals surface area contributed by atoms with Gasteiger partial charge in [0.15, 0.2) is 0 Å². The summed E-state index contributed by atoms with van der Waals surface area (Å²) in [4.78, 5) is 45.2. The molecule has 0 radical (unpaired) electrons. The van der Waals surface area contributed by atoms with Crippen molar-refractivity contribution in [1.82, 2.24) is 21.3 Å². The maximum atomic E-state index is 11.6. The van der Waals surface area contributed by atoms with Crippen LogP contribution in [0.15, 0.2) is 0 Å². The van der Waals surface area contributed by atoms with Gasteiger partial charge in [-0.05, 0) is 12.8 Å². The van der Waals surface area contributed by atoms with Crippen molar-refractivity contribution in [3.8, 4) is 0 Å². The topological polar surface area (TPSA) is 116 Å². The largest absolute Gasteiger partial charge is 0.353 e. The van der Waals surface area contributed by atoms with E-state index in [1.807, 2.05) is 0 Å². The van der Waals surface area contributed by atoms with Crippen LogP contribution in [0.25, 0.3) is 0 Å². The molecule has 2 heterocycles. The van der Waals surface area contributed by atoms with Crippen LogP contribution in [0, 0.1) is 0 Å². The van der Waals surface area contributed by atoms with Gasteiger partial charge < -0.3 is 21.3 Å². The van der Waals surface area contributed by atoms with Gasteiger partial charge in [0, 0.05) is 25.9 Å². The van der Waals surface area contributed by atoms with Gasteiger partial charge in [0.1, 0.15) is 12.1 Å². The van der Waals surface area contributed by atoms with Gasteiger partial charge >= 0.3 is 0 Å². The summed E-state index contributed by atoms with van der Waals surface area (Å²) < 4.78 is 0. The van der Waals surface area contributed by atoms with Gasteiger partial charge in [0.25, 0.3) is 0 Å². The monoisotopic (exact) mass is 282 g/mol. The van der Waals surface area contributed by atoms with Gasteiger partial charge in [0.05, 0.1) is 0 Å². The fourth-order valence-electron chi connectivity index (χ4n) is 2.24. The third-order valence-electron chi connectivity index (χ3n) is 3.35. The minimum absolute atomic E-state index is 0.115. The van der Waals surface area contributed by atoms with E-state index in [-0.39, 0.29) is 36.7 Å². The molecule has 2 saturated heterocycles. The predicted octanol–water partition coefficient (Wildman–Crippen LogP) is -2.22. The highest BCUT2D eigenvalue weighted by Gasteiger charge is 2.28. The van der Waals surface area contributed by atoms with Crippen LogP contribution >= 0.6 is 0 Å². The molecule has 2 fully saturated rings. The molecule has 0 saturated carbocycles. The van der Waals surface area contributed by atoms with E-state index >= 15 is 0 Å². The standard InChI is InChI=1S/C12H18N4O4/c17-9-3-1-7(15-9)11(19)13-5-6-14-12(20)8-2-4-10(18)16-8/h7-8H,1-6H2,(H,13,19)(H,14,20)(H,15,17)(H,16,18). The Balaban J connectivity index is 1.59. The summed E-state index contributed by atoms with van der Waals surface area (Å²) in [6.45, 7) is 0.579. The van der Waals surface area contributed by atoms with Gasteiger partial charge in [-0.15, -0.1) is 0 Å². The van der Waals surface area contributed by atoms with Crippen molar-refractivity contribution in [2.75, 3.05) is 13.1 Å². The summed E-state index contributed by atoms with van der Waals surface area (Å²) in [5.41, 5.74) is 0. The number of rotatable bonds is 5. The number of nitrogens with one attached hydrogen (secondary N) is 4. The highest BCUT2D eigenvalue weighted by molar-refractivity contribution is 5.91. The van der Waals surface area contributed by atoms with E-state index < -0.39 is 12.1 Å². The van der Waals surface area contributed by atoms with Crippen LogP contribution in [0.5, 0.6) is 0 Å². The van der Waals surface area contributed by atoms with Crippen LogP contribution in [0.2, 0.25) is 0 Å². The SMILES string of the molecule is O=C1CCC(C(=O)NCCNC(=O)C2CCC(=O)N2)N1. The normalized spacial score (nSPS) is 25.0. The van der Waals surface area contributed by atoms with Crippen LogP contribution in [0.1, 0.15) is 25.7 Å². The molecule has 4 amide bonds. The van der Waals surface area contributed by atoms with Gasteiger partial charge in [-0.1, -0.05) is 0 Å². The Kier molecular flexibility index (Phi) is 4.54. The molecule has 8 heteroatoms. The summed E-state index contributed by atoms with van der Waals surface area (Å²) in [5, 5.41) is 10.4. The van der Waals surface area contributed by atoms with Crippen LogP contribution in [0.3, 0.4) is 0 Å². The second kappa shape index (κ2) is 6.36. The molecule has 8 nitrogen and oxygen atoms in total. The molecule has 2 unspecified atom stereocenters. The van der Waals surface area contributed by atoms with Crippen molar-refractivity contribution in [3.63, 3.8) is 0 Å². The summed E-state index contributed by atoms with van der Waals surface area (Å²) in [6, 6.07) is -0.931. The van der Waals surface area contributed by atoms with E-state index in [4.69, 9.17) is 0 Å². The van der Waals surface area contributed by atoms with Crippen molar-refractivity contribution in [2.45, 2.75) is 37.8 Å². The lowest BCUT2D eigenvalue weighted by Gasteiger charge is -2.13. The minimum atomic E-state index is -0.465. The maximum Gasteiger partial charge on any atom is 0.242 e. The molecule has 2 aliphatic rings. The van der Waals surface area contributed by atoms with Crippen LogP contribution in [-0.4, -0.2) is 48.8 Å².